The number of hydrogen-bond acceptors (Lipinski definition) is 7. The lowest BCUT2D eigenvalue weighted by Crippen LogP contribution is -2.49. The molecule has 0 aliphatic carbocycles. The molecule has 1 aromatic carbocycles. The summed E-state index contributed by atoms with van der Waals surface area (Å²) in [7, 11) is 0. The van der Waals surface area contributed by atoms with Crippen molar-refractivity contribution >= 4 is 39.7 Å². The molecule has 1 amide bonds. The molecule has 5 rings (SSSR count). The Morgan fingerprint density at radius 2 is 1.61 bits per heavy atom. The summed E-state index contributed by atoms with van der Waals surface area (Å²) in [5.74, 6) is 0.0175. The highest BCUT2D eigenvalue weighted by Crippen LogP contribution is 2.26. The molecule has 0 bridgehead atoms. The van der Waals surface area contributed by atoms with E-state index in [1.807, 2.05) is 52.1 Å². The van der Waals surface area contributed by atoms with Gasteiger partial charge < -0.3 is 19.4 Å². The van der Waals surface area contributed by atoms with Crippen LogP contribution in [0.4, 0.5) is 10.8 Å². The maximum Gasteiger partial charge on any atom is 0.271 e. The number of benzene rings is 1. The lowest BCUT2D eigenvalue weighted by molar-refractivity contribution is 0.0738. The molecule has 0 atom stereocenters. The van der Waals surface area contributed by atoms with Crippen LogP contribution in [0.3, 0.4) is 0 Å². The second-order valence-electron chi connectivity index (χ2n) is 7.49. The fourth-order valence-corrected chi connectivity index (χ4v) is 4.91. The third-order valence-electron chi connectivity index (χ3n) is 5.62. The van der Waals surface area contributed by atoms with E-state index in [2.05, 4.69) is 20.0 Å². The van der Waals surface area contributed by atoms with Crippen molar-refractivity contribution in [2.24, 2.45) is 0 Å². The molecule has 0 unspecified atom stereocenters. The third-order valence-corrected chi connectivity index (χ3v) is 6.85. The van der Waals surface area contributed by atoms with Gasteiger partial charge in [0.15, 0.2) is 0 Å². The smallest absolute Gasteiger partial charge is 0.271 e. The van der Waals surface area contributed by atoms with E-state index in [0.29, 0.717) is 37.1 Å². The van der Waals surface area contributed by atoms with Gasteiger partial charge in [0.1, 0.15) is 5.69 Å². The van der Waals surface area contributed by atoms with Gasteiger partial charge in [0.05, 0.1) is 13.2 Å². The maximum absolute atomic E-state index is 13.2. The van der Waals surface area contributed by atoms with E-state index in [1.165, 1.54) is 11.3 Å². The van der Waals surface area contributed by atoms with Crippen LogP contribution in [0.2, 0.25) is 5.02 Å². The van der Waals surface area contributed by atoms with Crippen LogP contribution in [0, 0.1) is 0 Å². The number of amides is 1. The van der Waals surface area contributed by atoms with Crippen molar-refractivity contribution in [3.8, 4) is 5.13 Å². The second kappa shape index (κ2) is 8.86. The summed E-state index contributed by atoms with van der Waals surface area (Å²) in [6, 6.07) is 11.6. The minimum Gasteiger partial charge on any atom is -0.378 e. The molecule has 0 saturated carbocycles. The first-order chi connectivity index (χ1) is 15.2. The van der Waals surface area contributed by atoms with Gasteiger partial charge in [-0.05, 0) is 36.4 Å². The zero-order valence-electron chi connectivity index (χ0n) is 17.0. The van der Waals surface area contributed by atoms with E-state index < -0.39 is 0 Å². The number of ether oxygens (including phenoxy) is 1. The van der Waals surface area contributed by atoms with E-state index >= 15 is 0 Å². The van der Waals surface area contributed by atoms with Gasteiger partial charge in [0.25, 0.3) is 5.91 Å². The van der Waals surface area contributed by atoms with Crippen LogP contribution in [0.5, 0.6) is 0 Å². The number of hydrogen-bond donors (Lipinski definition) is 0. The van der Waals surface area contributed by atoms with Crippen LogP contribution in [-0.2, 0) is 4.74 Å². The molecule has 3 aromatic rings. The third kappa shape index (κ3) is 4.26. The molecule has 10 heteroatoms. The van der Waals surface area contributed by atoms with E-state index in [0.717, 1.165) is 42.0 Å². The molecule has 31 heavy (non-hydrogen) atoms. The van der Waals surface area contributed by atoms with Gasteiger partial charge in [0.2, 0.25) is 10.3 Å². The number of rotatable bonds is 4. The Labute approximate surface area is 189 Å². The molecular weight excluding hydrogens is 436 g/mol. The predicted molar refractivity (Wildman–Crippen MR) is 122 cm³/mol. The Kier molecular flexibility index (Phi) is 5.80. The van der Waals surface area contributed by atoms with Crippen LogP contribution >= 0.6 is 22.9 Å². The first kappa shape index (κ1) is 20.3. The molecule has 0 N–H and O–H groups in total. The number of aromatic nitrogens is 3. The molecule has 2 aromatic heterocycles. The summed E-state index contributed by atoms with van der Waals surface area (Å²) < 4.78 is 7.25. The molecule has 0 radical (unpaired) electrons. The van der Waals surface area contributed by atoms with Crippen molar-refractivity contribution in [3.63, 3.8) is 0 Å². The van der Waals surface area contributed by atoms with E-state index in [9.17, 15) is 4.79 Å². The molecule has 2 aliphatic rings. The minimum atomic E-state index is 0.0175. The van der Waals surface area contributed by atoms with Crippen molar-refractivity contribution in [3.05, 3.63) is 53.3 Å². The predicted octanol–water partition coefficient (Wildman–Crippen LogP) is 2.78. The number of carbonyl (C=O) groups is 1. The largest absolute Gasteiger partial charge is 0.378 e. The van der Waals surface area contributed by atoms with Gasteiger partial charge in [0, 0.05) is 56.2 Å². The monoisotopic (exact) mass is 458 g/mol. The van der Waals surface area contributed by atoms with Crippen molar-refractivity contribution in [1.29, 1.82) is 0 Å². The Morgan fingerprint density at radius 3 is 2.35 bits per heavy atom. The Hall–Kier alpha value is -2.62. The van der Waals surface area contributed by atoms with Gasteiger partial charge in [-0.2, -0.15) is 0 Å². The van der Waals surface area contributed by atoms with E-state index in [4.69, 9.17) is 16.3 Å². The molecule has 0 spiro atoms. The number of anilines is 2. The molecule has 2 saturated heterocycles. The Balaban J connectivity index is 1.27. The average Bonchev–Trinajstić information content (AvgIpc) is 3.50. The second-order valence-corrected chi connectivity index (χ2v) is 8.86. The topological polar surface area (TPSA) is 66.7 Å². The SMILES string of the molecule is O=C(c1cccn1-c1nnc(N2CCOCC2)s1)N1CCN(c2ccc(Cl)cc2)CC1. The summed E-state index contributed by atoms with van der Waals surface area (Å²) in [4.78, 5) is 19.6. The number of morpholine rings is 1. The summed E-state index contributed by atoms with van der Waals surface area (Å²) in [6.07, 6.45) is 1.88. The zero-order valence-corrected chi connectivity index (χ0v) is 18.6. The van der Waals surface area contributed by atoms with Gasteiger partial charge >= 0.3 is 0 Å². The van der Waals surface area contributed by atoms with E-state index in [-0.39, 0.29) is 5.91 Å². The lowest BCUT2D eigenvalue weighted by Gasteiger charge is -2.36. The van der Waals surface area contributed by atoms with Crippen LogP contribution in [0.25, 0.3) is 5.13 Å². The first-order valence-electron chi connectivity index (χ1n) is 10.3. The van der Waals surface area contributed by atoms with Crippen molar-refractivity contribution in [2.45, 2.75) is 0 Å². The number of carbonyl (C=O) groups excluding carboxylic acids is 1. The van der Waals surface area contributed by atoms with Gasteiger partial charge in [-0.25, -0.2) is 0 Å². The van der Waals surface area contributed by atoms with Crippen molar-refractivity contribution < 1.29 is 9.53 Å². The highest BCUT2D eigenvalue weighted by molar-refractivity contribution is 7.17. The van der Waals surface area contributed by atoms with Crippen LogP contribution in [0.15, 0.2) is 42.6 Å². The van der Waals surface area contributed by atoms with Gasteiger partial charge in [-0.15, -0.1) is 10.2 Å². The standard InChI is InChI=1S/C21H23ClN6O2S/c22-16-3-5-17(6-4-16)25-8-10-26(11-9-25)19(29)18-2-1-7-28(18)21-24-23-20(31-21)27-12-14-30-15-13-27/h1-7H,8-15H2. The summed E-state index contributed by atoms with van der Waals surface area (Å²) in [5, 5.41) is 11.0. The van der Waals surface area contributed by atoms with Gasteiger partial charge in [-0.1, -0.05) is 22.9 Å². The normalized spacial score (nSPS) is 17.3. The van der Waals surface area contributed by atoms with Gasteiger partial charge in [-0.3, -0.25) is 9.36 Å². The first-order valence-corrected chi connectivity index (χ1v) is 11.5. The van der Waals surface area contributed by atoms with E-state index in [1.54, 1.807) is 0 Å². The highest BCUT2D eigenvalue weighted by Gasteiger charge is 2.25. The molecule has 4 heterocycles. The molecule has 162 valence electrons. The number of halogens is 1. The Morgan fingerprint density at radius 1 is 0.903 bits per heavy atom. The molecular formula is C21H23ClN6O2S. The molecule has 2 aliphatic heterocycles. The zero-order chi connectivity index (χ0) is 21.2. The average molecular weight is 459 g/mol. The molecule has 8 nitrogen and oxygen atoms in total. The highest BCUT2D eigenvalue weighted by atomic mass is 35.5. The number of piperazine rings is 1. The quantitative estimate of drug-likeness (QED) is 0.599. The fourth-order valence-electron chi connectivity index (χ4n) is 3.89. The summed E-state index contributed by atoms with van der Waals surface area (Å²) in [5.41, 5.74) is 1.74. The Bertz CT molecular complexity index is 1040. The van der Waals surface area contributed by atoms with Crippen LogP contribution < -0.4 is 9.80 Å². The lowest BCUT2D eigenvalue weighted by atomic mass is 10.2. The fraction of sp³-hybridized carbons (Fsp3) is 0.381. The summed E-state index contributed by atoms with van der Waals surface area (Å²) >= 11 is 7.49. The minimum absolute atomic E-state index is 0.0175. The maximum atomic E-state index is 13.2. The van der Waals surface area contributed by atoms with Crippen LogP contribution in [-0.4, -0.2) is 78.1 Å². The molecule has 2 fully saturated rings. The number of nitrogens with zero attached hydrogens (tertiary/aromatic N) is 6. The summed E-state index contributed by atoms with van der Waals surface area (Å²) in [6.45, 7) is 5.92. The van der Waals surface area contributed by atoms with Crippen molar-refractivity contribution in [1.82, 2.24) is 19.7 Å². The van der Waals surface area contributed by atoms with Crippen molar-refractivity contribution in [2.75, 3.05) is 62.3 Å². The van der Waals surface area contributed by atoms with Crippen LogP contribution in [0.1, 0.15) is 10.5 Å².